The fraction of sp³-hybridized carbons (Fsp3) is 0.325. The van der Waals surface area contributed by atoms with Gasteiger partial charge in [-0.15, -0.1) is 11.8 Å². The lowest BCUT2D eigenvalue weighted by atomic mass is 9.97. The van der Waals surface area contributed by atoms with Crippen LogP contribution in [0.15, 0.2) is 102 Å². The van der Waals surface area contributed by atoms with E-state index in [1.54, 1.807) is 11.8 Å². The molecular weight excluding hydrogens is 708 g/mol. The summed E-state index contributed by atoms with van der Waals surface area (Å²) in [5, 5.41) is 15.1. The molecule has 13 heteroatoms. The van der Waals surface area contributed by atoms with E-state index in [1.807, 2.05) is 97.1 Å². The van der Waals surface area contributed by atoms with Crippen LogP contribution in [0.5, 0.6) is 0 Å². The minimum Gasteiger partial charge on any atom is -0.392 e. The topological polar surface area (TPSA) is 117 Å². The van der Waals surface area contributed by atoms with E-state index in [0.29, 0.717) is 23.5 Å². The molecule has 2 heterocycles. The standard InChI is InChI=1S/C40H40F3N3O6S/c1-25(48)45-31-16-18-33(19-17-31)53-24-32-21-36(28-10-8-26(23-47)9-11-28)52-38(51-32)29-14-12-27(13-15-29)34-6-3-2-5-30(34)22-44-37(49)35-7-4-20-46(35)39(50)40(41,42)43/h2-3,5-6,8-19,32,35-36,38,47H,4,7,20-24H2,1H3,(H,44,49)(H,45,48)/t32-,35-,36+,38+/m0/s1. The van der Waals surface area contributed by atoms with E-state index in [-0.39, 0.29) is 44.2 Å². The van der Waals surface area contributed by atoms with E-state index in [4.69, 9.17) is 9.47 Å². The lowest BCUT2D eigenvalue weighted by Crippen LogP contribution is -2.50. The first kappa shape index (κ1) is 38.0. The third-order valence-electron chi connectivity index (χ3n) is 9.25. The number of carbonyl (C=O) groups excluding carboxylic acids is 3. The van der Waals surface area contributed by atoms with E-state index in [9.17, 15) is 32.7 Å². The summed E-state index contributed by atoms with van der Waals surface area (Å²) in [6.07, 6.45) is -5.03. The highest BCUT2D eigenvalue weighted by molar-refractivity contribution is 7.99. The summed E-state index contributed by atoms with van der Waals surface area (Å²) < 4.78 is 52.3. The van der Waals surface area contributed by atoms with E-state index in [1.165, 1.54) is 6.92 Å². The van der Waals surface area contributed by atoms with Crippen molar-refractivity contribution in [3.63, 3.8) is 0 Å². The molecule has 6 rings (SSSR count). The van der Waals surface area contributed by atoms with Crippen molar-refractivity contribution in [1.29, 1.82) is 0 Å². The number of alkyl halides is 3. The Morgan fingerprint density at radius 1 is 0.906 bits per heavy atom. The molecule has 2 aliphatic heterocycles. The first-order valence-corrected chi connectivity index (χ1v) is 18.3. The molecule has 0 radical (unpaired) electrons. The average Bonchev–Trinajstić information content (AvgIpc) is 3.66. The molecule has 4 atom stereocenters. The van der Waals surface area contributed by atoms with E-state index < -0.39 is 30.3 Å². The Morgan fingerprint density at radius 3 is 2.28 bits per heavy atom. The molecular formula is C40H40F3N3O6S. The molecule has 0 saturated carbocycles. The van der Waals surface area contributed by atoms with Gasteiger partial charge < -0.3 is 30.1 Å². The minimum absolute atomic E-state index is 0.0541. The van der Waals surface area contributed by atoms with Crippen molar-refractivity contribution in [1.82, 2.24) is 10.2 Å². The maximum Gasteiger partial charge on any atom is 0.471 e. The number of halogens is 3. The lowest BCUT2D eigenvalue weighted by Gasteiger charge is -2.36. The van der Waals surface area contributed by atoms with Crippen molar-refractivity contribution in [2.45, 2.75) is 74.9 Å². The van der Waals surface area contributed by atoms with Crippen LogP contribution in [0, 0.1) is 0 Å². The van der Waals surface area contributed by atoms with Crippen LogP contribution in [0.3, 0.4) is 0 Å². The molecule has 2 fully saturated rings. The van der Waals surface area contributed by atoms with Crippen molar-refractivity contribution < 1.29 is 42.1 Å². The highest BCUT2D eigenvalue weighted by atomic mass is 32.2. The molecule has 53 heavy (non-hydrogen) atoms. The van der Waals surface area contributed by atoms with E-state index >= 15 is 0 Å². The van der Waals surface area contributed by atoms with E-state index in [0.717, 1.165) is 44.0 Å². The molecule has 9 nitrogen and oxygen atoms in total. The summed E-state index contributed by atoms with van der Waals surface area (Å²) in [6.45, 7) is 1.37. The van der Waals surface area contributed by atoms with Gasteiger partial charge in [0.05, 0.1) is 18.8 Å². The van der Waals surface area contributed by atoms with Gasteiger partial charge >= 0.3 is 12.1 Å². The summed E-state index contributed by atoms with van der Waals surface area (Å²) in [5.41, 5.74) is 5.76. The van der Waals surface area contributed by atoms with Crippen LogP contribution in [0.25, 0.3) is 11.1 Å². The number of likely N-dealkylation sites (tertiary alicyclic amines) is 1. The van der Waals surface area contributed by atoms with Crippen molar-refractivity contribution >= 4 is 35.2 Å². The smallest absolute Gasteiger partial charge is 0.392 e. The fourth-order valence-electron chi connectivity index (χ4n) is 6.57. The van der Waals surface area contributed by atoms with Gasteiger partial charge in [-0.05, 0) is 64.9 Å². The van der Waals surface area contributed by atoms with Crippen LogP contribution in [0.1, 0.15) is 60.8 Å². The van der Waals surface area contributed by atoms with Crippen molar-refractivity contribution in [3.05, 3.63) is 119 Å². The number of nitrogens with zero attached hydrogens (tertiary/aromatic N) is 1. The molecule has 4 aromatic carbocycles. The SMILES string of the molecule is CC(=O)Nc1ccc(SC[C@@H]2C[C@H](c3ccc(CO)cc3)O[C@H](c3ccc(-c4ccccc4CNC(=O)[C@@H]4CCCN4C(=O)C(F)(F)F)cc3)O2)cc1. The Morgan fingerprint density at radius 2 is 1.60 bits per heavy atom. The minimum atomic E-state index is -5.04. The molecule has 4 aromatic rings. The molecule has 3 N–H and O–H groups in total. The van der Waals surface area contributed by atoms with Gasteiger partial charge in [-0.2, -0.15) is 13.2 Å². The first-order valence-electron chi connectivity index (χ1n) is 17.3. The fourth-order valence-corrected chi connectivity index (χ4v) is 7.49. The second-order valence-corrected chi connectivity index (χ2v) is 14.1. The zero-order chi connectivity index (χ0) is 37.5. The Hall–Kier alpha value is -4.69. The number of rotatable bonds is 11. The summed E-state index contributed by atoms with van der Waals surface area (Å²) in [6, 6.07) is 29.3. The molecule has 0 bridgehead atoms. The van der Waals surface area contributed by atoms with Crippen LogP contribution in [0.2, 0.25) is 0 Å². The van der Waals surface area contributed by atoms with Crippen molar-refractivity contribution in [3.8, 4) is 11.1 Å². The third-order valence-corrected chi connectivity index (χ3v) is 10.4. The third kappa shape index (κ3) is 9.65. The Kier molecular flexibility index (Phi) is 12.2. The monoisotopic (exact) mass is 747 g/mol. The van der Waals surface area contributed by atoms with Crippen molar-refractivity contribution in [2.75, 3.05) is 17.6 Å². The number of thioether (sulfide) groups is 1. The van der Waals surface area contributed by atoms with Gasteiger partial charge in [0.1, 0.15) is 6.04 Å². The number of benzene rings is 4. The number of hydrogen-bond donors (Lipinski definition) is 3. The second-order valence-electron chi connectivity index (χ2n) is 13.0. The van der Waals surface area contributed by atoms with Crippen LogP contribution < -0.4 is 10.6 Å². The van der Waals surface area contributed by atoms with Crippen LogP contribution in [0.4, 0.5) is 18.9 Å². The zero-order valence-corrected chi connectivity index (χ0v) is 29.8. The normalized spacial score (nSPS) is 20.2. The van der Waals surface area contributed by atoms with Gasteiger partial charge in [-0.1, -0.05) is 72.8 Å². The molecule has 0 aliphatic carbocycles. The number of aliphatic hydroxyl groups excluding tert-OH is 1. The Balaban J connectivity index is 1.15. The van der Waals surface area contributed by atoms with Gasteiger partial charge in [0.25, 0.3) is 0 Å². The number of carbonyl (C=O) groups is 3. The van der Waals surface area contributed by atoms with Crippen LogP contribution in [-0.2, 0) is 37.0 Å². The Labute approximate surface area is 309 Å². The summed E-state index contributed by atoms with van der Waals surface area (Å²) in [7, 11) is 0. The van der Waals surface area contributed by atoms with Gasteiger partial charge in [-0.25, -0.2) is 0 Å². The molecule has 0 unspecified atom stereocenters. The first-order chi connectivity index (χ1) is 25.5. The number of ether oxygens (including phenoxy) is 2. The second kappa shape index (κ2) is 17.0. The number of amides is 3. The maximum absolute atomic E-state index is 13.1. The number of anilines is 1. The van der Waals surface area contributed by atoms with E-state index in [2.05, 4.69) is 10.6 Å². The molecule has 2 saturated heterocycles. The molecule has 278 valence electrons. The van der Waals surface area contributed by atoms with Crippen LogP contribution >= 0.6 is 11.8 Å². The number of aliphatic hydroxyl groups is 1. The van der Waals surface area contributed by atoms with Crippen LogP contribution in [-0.4, -0.2) is 58.3 Å². The molecule has 0 spiro atoms. The highest BCUT2D eigenvalue weighted by Gasteiger charge is 2.47. The predicted molar refractivity (Wildman–Crippen MR) is 194 cm³/mol. The quantitative estimate of drug-likeness (QED) is 0.138. The molecule has 3 amide bonds. The molecule has 2 aliphatic rings. The molecule has 0 aromatic heterocycles. The largest absolute Gasteiger partial charge is 0.471 e. The number of nitrogens with one attached hydrogen (secondary N) is 2. The predicted octanol–water partition coefficient (Wildman–Crippen LogP) is 7.31. The van der Waals surface area contributed by atoms with Gasteiger partial charge in [0.2, 0.25) is 11.8 Å². The maximum atomic E-state index is 13.1. The summed E-state index contributed by atoms with van der Waals surface area (Å²) >= 11 is 1.65. The highest BCUT2D eigenvalue weighted by Crippen LogP contribution is 2.40. The van der Waals surface area contributed by atoms with Gasteiger partial charge in [0, 0.05) is 48.3 Å². The summed E-state index contributed by atoms with van der Waals surface area (Å²) in [5.74, 6) is -2.09. The zero-order valence-electron chi connectivity index (χ0n) is 29.0. The lowest BCUT2D eigenvalue weighted by molar-refractivity contribution is -0.245. The summed E-state index contributed by atoms with van der Waals surface area (Å²) in [4.78, 5) is 37.9. The Bertz CT molecular complexity index is 1890. The van der Waals surface area contributed by atoms with Gasteiger partial charge in [-0.3, -0.25) is 14.4 Å². The van der Waals surface area contributed by atoms with Crippen molar-refractivity contribution in [2.24, 2.45) is 0 Å². The average molecular weight is 748 g/mol. The number of hydrogen-bond acceptors (Lipinski definition) is 7. The van der Waals surface area contributed by atoms with Gasteiger partial charge in [0.15, 0.2) is 6.29 Å².